The summed E-state index contributed by atoms with van der Waals surface area (Å²) in [5, 5.41) is 9.50. The number of aromatic nitrogens is 2. The molecule has 2 rings (SSSR count). The Morgan fingerprint density at radius 2 is 1.91 bits per heavy atom. The Bertz CT molecular complexity index is 688. The third-order valence-electron chi connectivity index (χ3n) is 3.18. The predicted octanol–water partition coefficient (Wildman–Crippen LogP) is 3.14. The molecule has 1 aromatic heterocycles. The maximum absolute atomic E-state index is 12.5. The molecule has 0 aliphatic rings. The van der Waals surface area contributed by atoms with Crippen molar-refractivity contribution in [2.24, 2.45) is 0 Å². The van der Waals surface area contributed by atoms with Crippen molar-refractivity contribution in [2.75, 3.05) is 14.2 Å². The van der Waals surface area contributed by atoms with E-state index in [0.29, 0.717) is 17.1 Å². The van der Waals surface area contributed by atoms with Crippen molar-refractivity contribution >= 4 is 11.6 Å². The van der Waals surface area contributed by atoms with Gasteiger partial charge >= 0.3 is 6.18 Å². The maximum Gasteiger partial charge on any atom is 0.416 e. The standard InChI is InChI=1S/C14H14ClF3N2O3/c1-22-10-6-11(23-2)9(15)5-8(10)13-19-3-4-20(13)7-12(21)14(16,17)18/h3-6,12,21H,7H2,1-2H3/t12-/m1/s1. The van der Waals surface area contributed by atoms with E-state index in [2.05, 4.69) is 4.98 Å². The molecule has 0 saturated carbocycles. The van der Waals surface area contributed by atoms with Gasteiger partial charge in [-0.25, -0.2) is 4.98 Å². The van der Waals surface area contributed by atoms with E-state index < -0.39 is 18.8 Å². The fraction of sp³-hybridized carbons (Fsp3) is 0.357. The van der Waals surface area contributed by atoms with Crippen LogP contribution in [0.3, 0.4) is 0 Å². The average Bonchev–Trinajstić information content (AvgIpc) is 2.94. The Balaban J connectivity index is 2.44. The molecule has 0 aliphatic heterocycles. The van der Waals surface area contributed by atoms with Gasteiger partial charge in [0.1, 0.15) is 17.3 Å². The molecule has 0 amide bonds. The third-order valence-corrected chi connectivity index (χ3v) is 3.47. The summed E-state index contributed by atoms with van der Waals surface area (Å²) in [6.45, 7) is -0.689. The highest BCUT2D eigenvalue weighted by Crippen LogP contribution is 2.38. The maximum atomic E-state index is 12.5. The Hall–Kier alpha value is -1.93. The van der Waals surface area contributed by atoms with Crippen molar-refractivity contribution in [1.82, 2.24) is 9.55 Å². The number of halogens is 4. The highest BCUT2D eigenvalue weighted by atomic mass is 35.5. The molecule has 1 atom stereocenters. The molecule has 1 N–H and O–H groups in total. The number of hydrogen-bond acceptors (Lipinski definition) is 4. The summed E-state index contributed by atoms with van der Waals surface area (Å²) in [4.78, 5) is 4.03. The lowest BCUT2D eigenvalue weighted by Gasteiger charge is -2.17. The summed E-state index contributed by atoms with van der Waals surface area (Å²) in [7, 11) is 2.84. The first-order valence-corrected chi connectivity index (χ1v) is 6.83. The molecular weight excluding hydrogens is 337 g/mol. The van der Waals surface area contributed by atoms with Crippen LogP contribution in [0.2, 0.25) is 5.02 Å². The molecule has 1 heterocycles. The molecule has 23 heavy (non-hydrogen) atoms. The molecule has 9 heteroatoms. The Kier molecular flexibility index (Phi) is 5.06. The number of benzene rings is 1. The monoisotopic (exact) mass is 350 g/mol. The number of ether oxygens (including phenoxy) is 2. The van der Waals surface area contributed by atoms with E-state index >= 15 is 0 Å². The average molecular weight is 351 g/mol. The van der Waals surface area contributed by atoms with Gasteiger partial charge in [0.2, 0.25) is 0 Å². The number of nitrogens with zero attached hydrogens (tertiary/aromatic N) is 2. The molecule has 0 saturated heterocycles. The normalized spacial score (nSPS) is 13.0. The van der Waals surface area contributed by atoms with Crippen molar-refractivity contribution in [3.63, 3.8) is 0 Å². The summed E-state index contributed by atoms with van der Waals surface area (Å²) < 4.78 is 49.1. The zero-order valence-electron chi connectivity index (χ0n) is 12.3. The number of imidazole rings is 1. The lowest BCUT2D eigenvalue weighted by atomic mass is 10.1. The van der Waals surface area contributed by atoms with Gasteiger partial charge in [0.25, 0.3) is 0 Å². The summed E-state index contributed by atoms with van der Waals surface area (Å²) in [6.07, 6.45) is -4.56. The van der Waals surface area contributed by atoms with Crippen LogP contribution in [0.15, 0.2) is 24.5 Å². The van der Waals surface area contributed by atoms with Crippen LogP contribution >= 0.6 is 11.6 Å². The second-order valence-electron chi connectivity index (χ2n) is 4.65. The highest BCUT2D eigenvalue weighted by Gasteiger charge is 2.38. The Labute approximate surface area is 135 Å². The van der Waals surface area contributed by atoms with Crippen LogP contribution in [0.25, 0.3) is 11.4 Å². The van der Waals surface area contributed by atoms with Crippen LogP contribution in [0.5, 0.6) is 11.5 Å². The van der Waals surface area contributed by atoms with Gasteiger partial charge in [-0.1, -0.05) is 11.6 Å². The van der Waals surface area contributed by atoms with Gasteiger partial charge in [0.15, 0.2) is 6.10 Å². The third kappa shape index (κ3) is 3.70. The Morgan fingerprint density at radius 3 is 2.48 bits per heavy atom. The molecule has 126 valence electrons. The van der Waals surface area contributed by atoms with E-state index in [0.717, 1.165) is 0 Å². The van der Waals surface area contributed by atoms with E-state index in [1.165, 1.54) is 43.3 Å². The second kappa shape index (κ2) is 6.67. The summed E-state index contributed by atoms with van der Waals surface area (Å²) >= 11 is 6.06. The van der Waals surface area contributed by atoms with E-state index in [1.54, 1.807) is 0 Å². The number of alkyl halides is 3. The largest absolute Gasteiger partial charge is 0.496 e. The first-order chi connectivity index (χ1) is 10.8. The fourth-order valence-corrected chi connectivity index (χ4v) is 2.27. The number of aliphatic hydroxyl groups excluding tert-OH is 1. The molecule has 1 aromatic carbocycles. The van der Waals surface area contributed by atoms with Crippen molar-refractivity contribution < 1.29 is 27.8 Å². The number of hydrogen-bond donors (Lipinski definition) is 1. The molecule has 5 nitrogen and oxygen atoms in total. The van der Waals surface area contributed by atoms with Crippen molar-refractivity contribution in [2.45, 2.75) is 18.8 Å². The molecule has 0 fully saturated rings. The fourth-order valence-electron chi connectivity index (χ4n) is 2.03. The van der Waals surface area contributed by atoms with E-state index in [4.69, 9.17) is 21.1 Å². The van der Waals surface area contributed by atoms with Gasteiger partial charge in [-0.3, -0.25) is 0 Å². The summed E-state index contributed by atoms with van der Waals surface area (Å²) in [5.41, 5.74) is 0.387. The molecule has 0 bridgehead atoms. The van der Waals surface area contributed by atoms with E-state index in [1.807, 2.05) is 0 Å². The SMILES string of the molecule is COc1cc(OC)c(-c2nccn2C[C@@H](O)C(F)(F)F)cc1Cl. The molecule has 0 radical (unpaired) electrons. The van der Waals surface area contributed by atoms with E-state index in [9.17, 15) is 18.3 Å². The molecule has 0 unspecified atom stereocenters. The van der Waals surface area contributed by atoms with Crippen LogP contribution < -0.4 is 9.47 Å². The molecule has 0 aliphatic carbocycles. The van der Waals surface area contributed by atoms with Gasteiger partial charge < -0.3 is 19.1 Å². The number of aliphatic hydroxyl groups is 1. The van der Waals surface area contributed by atoms with Gasteiger partial charge in [-0.05, 0) is 6.07 Å². The second-order valence-corrected chi connectivity index (χ2v) is 5.05. The quantitative estimate of drug-likeness (QED) is 0.900. The van der Waals surface area contributed by atoms with Crippen LogP contribution in [0.1, 0.15) is 0 Å². The lowest BCUT2D eigenvalue weighted by molar-refractivity contribution is -0.207. The number of methoxy groups -OCH3 is 2. The zero-order chi connectivity index (χ0) is 17.2. The predicted molar refractivity (Wildman–Crippen MR) is 77.8 cm³/mol. The first kappa shape index (κ1) is 17.4. The molecular formula is C14H14ClF3N2O3. The summed E-state index contributed by atoms with van der Waals surface area (Å²) in [6, 6.07) is 2.99. The Morgan fingerprint density at radius 1 is 1.26 bits per heavy atom. The minimum atomic E-state index is -4.72. The van der Waals surface area contributed by atoms with Crippen LogP contribution in [-0.4, -0.2) is 41.2 Å². The summed E-state index contributed by atoms with van der Waals surface area (Å²) in [5.74, 6) is 0.885. The highest BCUT2D eigenvalue weighted by molar-refractivity contribution is 6.32. The lowest BCUT2D eigenvalue weighted by Crippen LogP contribution is -2.32. The first-order valence-electron chi connectivity index (χ1n) is 6.45. The van der Waals surface area contributed by atoms with Crippen LogP contribution in [0.4, 0.5) is 13.2 Å². The minimum Gasteiger partial charge on any atom is -0.496 e. The van der Waals surface area contributed by atoms with Crippen LogP contribution in [0, 0.1) is 0 Å². The van der Waals surface area contributed by atoms with Crippen LogP contribution in [-0.2, 0) is 6.54 Å². The van der Waals surface area contributed by atoms with Gasteiger partial charge in [-0.2, -0.15) is 13.2 Å². The van der Waals surface area contributed by atoms with Gasteiger partial charge in [-0.15, -0.1) is 0 Å². The van der Waals surface area contributed by atoms with E-state index in [-0.39, 0.29) is 10.8 Å². The topological polar surface area (TPSA) is 56.5 Å². The zero-order valence-corrected chi connectivity index (χ0v) is 13.0. The number of rotatable bonds is 5. The van der Waals surface area contributed by atoms with Crippen molar-refractivity contribution in [3.05, 3.63) is 29.5 Å². The van der Waals surface area contributed by atoms with Gasteiger partial charge in [0, 0.05) is 18.5 Å². The smallest absolute Gasteiger partial charge is 0.416 e. The van der Waals surface area contributed by atoms with Gasteiger partial charge in [0.05, 0.1) is 31.4 Å². The minimum absolute atomic E-state index is 0.190. The molecule has 0 spiro atoms. The van der Waals surface area contributed by atoms with Crippen molar-refractivity contribution in [3.8, 4) is 22.9 Å². The van der Waals surface area contributed by atoms with Crippen molar-refractivity contribution in [1.29, 1.82) is 0 Å². The molecule has 2 aromatic rings.